The van der Waals surface area contributed by atoms with Crippen LogP contribution in [-0.2, 0) is 4.79 Å². The van der Waals surface area contributed by atoms with E-state index in [-0.39, 0.29) is 11.9 Å². The monoisotopic (exact) mass is 257 g/mol. The highest BCUT2D eigenvalue weighted by Gasteiger charge is 2.20. The van der Waals surface area contributed by atoms with E-state index in [1.54, 1.807) is 0 Å². The molecule has 1 aliphatic rings. The topological polar surface area (TPSA) is 29.1 Å². The van der Waals surface area contributed by atoms with E-state index in [4.69, 9.17) is 0 Å². The highest BCUT2D eigenvalue weighted by molar-refractivity contribution is 9.12. The summed E-state index contributed by atoms with van der Waals surface area (Å²) in [6.45, 7) is 2.07. The summed E-state index contributed by atoms with van der Waals surface area (Å²) >= 11 is 2.91. The molecule has 0 saturated heterocycles. The molecule has 1 amide bonds. The fraction of sp³-hybridized carbons (Fsp3) is 0.727. The maximum absolute atomic E-state index is 11.2. The zero-order valence-electron chi connectivity index (χ0n) is 8.48. The first kappa shape index (κ1) is 11.6. The van der Waals surface area contributed by atoms with Crippen molar-refractivity contribution in [1.82, 2.24) is 5.32 Å². The Morgan fingerprint density at radius 3 is 2.64 bits per heavy atom. The van der Waals surface area contributed by atoms with Crippen molar-refractivity contribution < 1.29 is 4.79 Å². The average Bonchev–Trinajstić information content (AvgIpc) is 2.19. The van der Waals surface area contributed by atoms with Gasteiger partial charge in [-0.15, -0.1) is 0 Å². The number of carbonyl (C=O) groups is 1. The number of carbonyl (C=O) groups excluding carboxylic acids is 1. The summed E-state index contributed by atoms with van der Waals surface area (Å²) in [5.41, 5.74) is 0. The number of hydrogen-bond acceptors (Lipinski definition) is 1. The van der Waals surface area contributed by atoms with E-state index in [1.165, 1.54) is 32.1 Å². The average molecular weight is 258 g/mol. The van der Waals surface area contributed by atoms with Gasteiger partial charge in [0.1, 0.15) is 0 Å². The van der Waals surface area contributed by atoms with E-state index in [9.17, 15) is 4.79 Å². The van der Waals surface area contributed by atoms with Crippen molar-refractivity contribution in [3.63, 3.8) is 0 Å². The molecule has 0 aromatic carbocycles. The van der Waals surface area contributed by atoms with Crippen molar-refractivity contribution in [3.05, 3.63) is 0 Å². The van der Waals surface area contributed by atoms with Crippen LogP contribution in [0.3, 0.4) is 0 Å². The van der Waals surface area contributed by atoms with Gasteiger partial charge in [0.25, 0.3) is 5.91 Å². The van der Waals surface area contributed by atoms with Crippen LogP contribution in [0, 0.1) is 16.7 Å². The van der Waals surface area contributed by atoms with Gasteiger partial charge in [0, 0.05) is 27.9 Å². The van der Waals surface area contributed by atoms with Gasteiger partial charge in [0.2, 0.25) is 0 Å². The lowest BCUT2D eigenvalue weighted by atomic mass is 9.84. The molecule has 1 aliphatic carbocycles. The molecule has 1 atom stereocenters. The molecule has 1 saturated carbocycles. The Balaban J connectivity index is 2.34. The molecule has 1 rings (SSSR count). The van der Waals surface area contributed by atoms with Gasteiger partial charge in [0.15, 0.2) is 0 Å². The maximum Gasteiger partial charge on any atom is 0.296 e. The summed E-state index contributed by atoms with van der Waals surface area (Å²) < 4.78 is 0. The van der Waals surface area contributed by atoms with Crippen LogP contribution < -0.4 is 5.32 Å². The molecule has 14 heavy (non-hydrogen) atoms. The van der Waals surface area contributed by atoms with Crippen LogP contribution >= 0.6 is 15.9 Å². The molecule has 1 N–H and O–H groups in total. The molecule has 1 fully saturated rings. The molecule has 0 aliphatic heterocycles. The second kappa shape index (κ2) is 6.08. The summed E-state index contributed by atoms with van der Waals surface area (Å²) in [5.74, 6) is 2.89. The largest absolute Gasteiger partial charge is 0.343 e. The van der Waals surface area contributed by atoms with Crippen molar-refractivity contribution in [2.75, 3.05) is 0 Å². The Morgan fingerprint density at radius 1 is 1.43 bits per heavy atom. The molecule has 0 bridgehead atoms. The number of nitrogens with one attached hydrogen (secondary N) is 1. The Labute approximate surface area is 94.0 Å². The summed E-state index contributed by atoms with van der Waals surface area (Å²) in [6, 6.07) is 0.260. The summed E-state index contributed by atoms with van der Waals surface area (Å²) in [4.78, 5) is 13.6. The van der Waals surface area contributed by atoms with Gasteiger partial charge in [-0.05, 0) is 30.5 Å². The molecule has 2 nitrogen and oxygen atoms in total. The predicted octanol–water partition coefficient (Wildman–Crippen LogP) is 2.43. The molecule has 0 spiro atoms. The Morgan fingerprint density at radius 2 is 2.07 bits per heavy atom. The standard InChI is InChI=1S/C11H16BrNO/c1-9(13-11(14)7-8-12)10-5-3-2-4-6-10/h9-10H,2-6H2,1H3,(H,13,14). The number of rotatable bonds is 2. The highest BCUT2D eigenvalue weighted by Crippen LogP contribution is 2.26. The van der Waals surface area contributed by atoms with Crippen LogP contribution in [0.25, 0.3) is 0 Å². The van der Waals surface area contributed by atoms with E-state index in [0.717, 1.165) is 0 Å². The zero-order chi connectivity index (χ0) is 10.4. The van der Waals surface area contributed by atoms with Gasteiger partial charge < -0.3 is 5.32 Å². The number of halogens is 1. The Hall–Kier alpha value is -0.490. The third-order valence-corrected chi connectivity index (χ3v) is 3.07. The fourth-order valence-corrected chi connectivity index (χ4v) is 2.22. The highest BCUT2D eigenvalue weighted by atomic mass is 79.9. The van der Waals surface area contributed by atoms with Crippen molar-refractivity contribution in [2.24, 2.45) is 5.92 Å². The minimum Gasteiger partial charge on any atom is -0.343 e. The zero-order valence-corrected chi connectivity index (χ0v) is 10.1. The van der Waals surface area contributed by atoms with E-state index in [1.807, 2.05) is 0 Å². The summed E-state index contributed by atoms with van der Waals surface area (Å²) in [7, 11) is 0. The molecular formula is C11H16BrNO. The molecule has 1 unspecified atom stereocenters. The van der Waals surface area contributed by atoms with Gasteiger partial charge in [-0.3, -0.25) is 4.79 Å². The van der Waals surface area contributed by atoms with Crippen LogP contribution in [0.5, 0.6) is 0 Å². The van der Waals surface area contributed by atoms with Gasteiger partial charge in [0.05, 0.1) is 0 Å². The second-order valence-electron chi connectivity index (χ2n) is 3.88. The van der Waals surface area contributed by atoms with Crippen LogP contribution in [0.2, 0.25) is 0 Å². The summed E-state index contributed by atoms with van der Waals surface area (Å²) in [6.07, 6.45) is 6.43. The van der Waals surface area contributed by atoms with E-state index < -0.39 is 0 Å². The van der Waals surface area contributed by atoms with Crippen LogP contribution in [-0.4, -0.2) is 11.9 Å². The van der Waals surface area contributed by atoms with Crippen molar-refractivity contribution >= 4 is 21.8 Å². The van der Waals surface area contributed by atoms with Crippen molar-refractivity contribution in [3.8, 4) is 10.8 Å². The first-order chi connectivity index (χ1) is 6.74. The van der Waals surface area contributed by atoms with E-state index in [0.29, 0.717) is 5.92 Å². The lowest BCUT2D eigenvalue weighted by molar-refractivity contribution is -0.116. The third-order valence-electron chi connectivity index (χ3n) is 2.88. The molecular weight excluding hydrogens is 242 g/mol. The van der Waals surface area contributed by atoms with E-state index in [2.05, 4.69) is 38.9 Å². The molecule has 0 aromatic heterocycles. The normalized spacial score (nSPS) is 19.3. The lowest BCUT2D eigenvalue weighted by Gasteiger charge is -2.27. The molecule has 3 heteroatoms. The second-order valence-corrected chi connectivity index (χ2v) is 4.28. The summed E-state index contributed by atoms with van der Waals surface area (Å²) in [5, 5.41) is 2.91. The van der Waals surface area contributed by atoms with Crippen LogP contribution in [0.4, 0.5) is 0 Å². The SMILES string of the molecule is CC(NC(=O)C#CBr)C1CCCCC1. The maximum atomic E-state index is 11.2. The van der Waals surface area contributed by atoms with Gasteiger partial charge in [-0.1, -0.05) is 19.3 Å². The third kappa shape index (κ3) is 3.71. The number of hydrogen-bond donors (Lipinski definition) is 1. The van der Waals surface area contributed by atoms with Gasteiger partial charge >= 0.3 is 0 Å². The van der Waals surface area contributed by atoms with Gasteiger partial charge in [-0.2, -0.15) is 0 Å². The van der Waals surface area contributed by atoms with E-state index >= 15 is 0 Å². The minimum absolute atomic E-state index is 0.181. The van der Waals surface area contributed by atoms with Crippen molar-refractivity contribution in [1.29, 1.82) is 0 Å². The first-order valence-corrected chi connectivity index (χ1v) is 5.95. The van der Waals surface area contributed by atoms with Crippen LogP contribution in [0.1, 0.15) is 39.0 Å². The van der Waals surface area contributed by atoms with Crippen LogP contribution in [0.15, 0.2) is 0 Å². The number of amides is 1. The minimum atomic E-state index is -0.181. The molecule has 0 radical (unpaired) electrons. The van der Waals surface area contributed by atoms with Gasteiger partial charge in [-0.25, -0.2) is 0 Å². The molecule has 0 aromatic rings. The Kier molecular flexibility index (Phi) is 5.03. The fourth-order valence-electron chi connectivity index (χ4n) is 2.04. The lowest BCUT2D eigenvalue weighted by Crippen LogP contribution is -2.38. The Bertz CT molecular complexity index is 248. The quantitative estimate of drug-likeness (QED) is 0.757. The molecule has 0 heterocycles. The molecule has 78 valence electrons. The first-order valence-electron chi connectivity index (χ1n) is 5.16. The smallest absolute Gasteiger partial charge is 0.296 e. The predicted molar refractivity (Wildman–Crippen MR) is 60.9 cm³/mol. The van der Waals surface area contributed by atoms with Crippen molar-refractivity contribution in [2.45, 2.75) is 45.1 Å².